The maximum atomic E-state index is 12.0. The number of aryl methyl sites for hydroxylation is 1. The molecule has 3 rings (SSSR count). The van der Waals surface area contributed by atoms with Crippen molar-refractivity contribution >= 4 is 23.2 Å². The van der Waals surface area contributed by atoms with Crippen LogP contribution in [-0.2, 0) is 22.6 Å². The van der Waals surface area contributed by atoms with Crippen LogP contribution in [0.3, 0.4) is 0 Å². The molecule has 1 saturated heterocycles. The van der Waals surface area contributed by atoms with Crippen LogP contribution in [0.15, 0.2) is 48.5 Å². The standard InChI is InChI=1S/C20H23N3O2/c1-2-14-3-7-17(8-4-14)23-18-9-5-15(6-10-18)12-22-20(25)16-11-19(24)21-13-16/h3-10,16,23H,2,11-13H2,1H3,(H,21,24)(H,22,25). The van der Waals surface area contributed by atoms with Crippen LogP contribution in [0.2, 0.25) is 0 Å². The molecular weight excluding hydrogens is 314 g/mol. The Labute approximate surface area is 147 Å². The van der Waals surface area contributed by atoms with Gasteiger partial charge in [-0.3, -0.25) is 9.59 Å². The molecule has 2 aromatic carbocycles. The van der Waals surface area contributed by atoms with Gasteiger partial charge in [0.1, 0.15) is 0 Å². The number of rotatable bonds is 6. The van der Waals surface area contributed by atoms with Crippen molar-refractivity contribution in [3.05, 3.63) is 59.7 Å². The minimum atomic E-state index is -0.250. The Morgan fingerprint density at radius 3 is 2.16 bits per heavy atom. The lowest BCUT2D eigenvalue weighted by molar-refractivity contribution is -0.126. The van der Waals surface area contributed by atoms with Gasteiger partial charge in [0.15, 0.2) is 0 Å². The molecule has 25 heavy (non-hydrogen) atoms. The van der Waals surface area contributed by atoms with Crippen LogP contribution in [0, 0.1) is 5.92 Å². The van der Waals surface area contributed by atoms with E-state index in [4.69, 9.17) is 0 Å². The molecule has 0 radical (unpaired) electrons. The summed E-state index contributed by atoms with van der Waals surface area (Å²) in [5, 5.41) is 8.93. The molecule has 2 amide bonds. The second kappa shape index (κ2) is 7.83. The lowest BCUT2D eigenvalue weighted by Crippen LogP contribution is -2.31. The van der Waals surface area contributed by atoms with Crippen molar-refractivity contribution in [3.8, 4) is 0 Å². The largest absolute Gasteiger partial charge is 0.356 e. The molecule has 1 aliphatic heterocycles. The summed E-state index contributed by atoms with van der Waals surface area (Å²) in [4.78, 5) is 23.2. The van der Waals surface area contributed by atoms with Crippen molar-refractivity contribution in [2.24, 2.45) is 5.92 Å². The van der Waals surface area contributed by atoms with Crippen LogP contribution in [0.5, 0.6) is 0 Å². The summed E-state index contributed by atoms with van der Waals surface area (Å²) in [5.41, 5.74) is 4.40. The first-order valence-corrected chi connectivity index (χ1v) is 8.63. The second-order valence-electron chi connectivity index (χ2n) is 6.30. The molecule has 3 N–H and O–H groups in total. The molecule has 0 saturated carbocycles. The van der Waals surface area contributed by atoms with Gasteiger partial charge in [-0.05, 0) is 41.8 Å². The highest BCUT2D eigenvalue weighted by molar-refractivity contribution is 5.89. The third-order valence-corrected chi connectivity index (χ3v) is 4.42. The predicted octanol–water partition coefficient (Wildman–Crippen LogP) is 2.74. The van der Waals surface area contributed by atoms with Gasteiger partial charge in [0.05, 0.1) is 5.92 Å². The van der Waals surface area contributed by atoms with Crippen molar-refractivity contribution in [1.29, 1.82) is 0 Å². The van der Waals surface area contributed by atoms with Crippen molar-refractivity contribution < 1.29 is 9.59 Å². The van der Waals surface area contributed by atoms with E-state index in [1.165, 1.54) is 5.56 Å². The summed E-state index contributed by atoms with van der Waals surface area (Å²) < 4.78 is 0. The first kappa shape index (κ1) is 17.0. The lowest BCUT2D eigenvalue weighted by Gasteiger charge is -2.11. The molecule has 1 unspecified atom stereocenters. The SMILES string of the molecule is CCc1ccc(Nc2ccc(CNC(=O)C3CNC(=O)C3)cc2)cc1. The summed E-state index contributed by atoms with van der Waals surface area (Å²) in [7, 11) is 0. The number of carbonyl (C=O) groups excluding carboxylic acids is 2. The Morgan fingerprint density at radius 1 is 1.04 bits per heavy atom. The molecule has 1 heterocycles. The molecule has 2 aromatic rings. The van der Waals surface area contributed by atoms with E-state index < -0.39 is 0 Å². The Balaban J connectivity index is 1.51. The number of amides is 2. The summed E-state index contributed by atoms with van der Waals surface area (Å²) in [6.07, 6.45) is 1.32. The summed E-state index contributed by atoms with van der Waals surface area (Å²) in [6.45, 7) is 3.04. The van der Waals surface area contributed by atoms with Gasteiger partial charge in [0, 0.05) is 30.9 Å². The maximum absolute atomic E-state index is 12.0. The van der Waals surface area contributed by atoms with Gasteiger partial charge in [0.25, 0.3) is 0 Å². The average molecular weight is 337 g/mol. The highest BCUT2D eigenvalue weighted by atomic mass is 16.2. The summed E-state index contributed by atoms with van der Waals surface area (Å²) >= 11 is 0. The molecule has 0 aliphatic carbocycles. The second-order valence-corrected chi connectivity index (χ2v) is 6.30. The van der Waals surface area contributed by atoms with Crippen molar-refractivity contribution in [2.45, 2.75) is 26.3 Å². The maximum Gasteiger partial charge on any atom is 0.225 e. The van der Waals surface area contributed by atoms with Gasteiger partial charge in [-0.2, -0.15) is 0 Å². The van der Waals surface area contributed by atoms with Gasteiger partial charge < -0.3 is 16.0 Å². The number of hydrogen-bond donors (Lipinski definition) is 3. The van der Waals surface area contributed by atoms with Gasteiger partial charge in [0.2, 0.25) is 11.8 Å². The van der Waals surface area contributed by atoms with E-state index in [-0.39, 0.29) is 24.2 Å². The molecule has 130 valence electrons. The number of hydrogen-bond acceptors (Lipinski definition) is 3. The first-order valence-electron chi connectivity index (χ1n) is 8.63. The van der Waals surface area contributed by atoms with E-state index in [1.807, 2.05) is 24.3 Å². The monoisotopic (exact) mass is 337 g/mol. The van der Waals surface area contributed by atoms with Gasteiger partial charge in [-0.1, -0.05) is 31.2 Å². The van der Waals surface area contributed by atoms with E-state index in [0.717, 1.165) is 23.4 Å². The smallest absolute Gasteiger partial charge is 0.225 e. The van der Waals surface area contributed by atoms with Crippen LogP contribution >= 0.6 is 0 Å². The molecule has 0 aromatic heterocycles. The normalized spacial score (nSPS) is 16.4. The zero-order valence-corrected chi connectivity index (χ0v) is 14.3. The fourth-order valence-corrected chi connectivity index (χ4v) is 2.82. The molecule has 5 nitrogen and oxygen atoms in total. The minimum absolute atomic E-state index is 0.0532. The number of nitrogens with one attached hydrogen (secondary N) is 3. The van der Waals surface area contributed by atoms with E-state index >= 15 is 0 Å². The van der Waals surface area contributed by atoms with Gasteiger partial charge in [-0.25, -0.2) is 0 Å². The van der Waals surface area contributed by atoms with Crippen molar-refractivity contribution in [1.82, 2.24) is 10.6 Å². The van der Waals surface area contributed by atoms with Crippen LogP contribution in [0.4, 0.5) is 11.4 Å². The van der Waals surface area contributed by atoms with E-state index in [9.17, 15) is 9.59 Å². The fourth-order valence-electron chi connectivity index (χ4n) is 2.82. The average Bonchev–Trinajstić information content (AvgIpc) is 3.08. The fraction of sp³-hybridized carbons (Fsp3) is 0.300. The van der Waals surface area contributed by atoms with Crippen LogP contribution < -0.4 is 16.0 Å². The highest BCUT2D eigenvalue weighted by Crippen LogP contribution is 2.18. The third kappa shape index (κ3) is 4.59. The van der Waals surface area contributed by atoms with E-state index in [0.29, 0.717) is 13.1 Å². The van der Waals surface area contributed by atoms with Gasteiger partial charge in [-0.15, -0.1) is 0 Å². The Hall–Kier alpha value is -2.82. The third-order valence-electron chi connectivity index (χ3n) is 4.42. The summed E-state index contributed by atoms with van der Waals surface area (Å²) in [5.74, 6) is -0.376. The van der Waals surface area contributed by atoms with E-state index in [2.05, 4.69) is 47.1 Å². The number of benzene rings is 2. The predicted molar refractivity (Wildman–Crippen MR) is 98.5 cm³/mol. The molecular formula is C20H23N3O2. The number of anilines is 2. The zero-order chi connectivity index (χ0) is 17.6. The van der Waals surface area contributed by atoms with Crippen LogP contribution in [0.25, 0.3) is 0 Å². The lowest BCUT2D eigenvalue weighted by atomic mass is 10.1. The molecule has 1 fully saturated rings. The molecule has 1 aliphatic rings. The van der Waals surface area contributed by atoms with Crippen LogP contribution in [0.1, 0.15) is 24.5 Å². The quantitative estimate of drug-likeness (QED) is 0.759. The summed E-state index contributed by atoms with van der Waals surface area (Å²) in [6, 6.07) is 16.4. The molecule has 0 bridgehead atoms. The minimum Gasteiger partial charge on any atom is -0.356 e. The molecule has 0 spiro atoms. The molecule has 1 atom stereocenters. The topological polar surface area (TPSA) is 70.2 Å². The van der Waals surface area contributed by atoms with Gasteiger partial charge >= 0.3 is 0 Å². The zero-order valence-electron chi connectivity index (χ0n) is 14.3. The van der Waals surface area contributed by atoms with Crippen molar-refractivity contribution in [3.63, 3.8) is 0 Å². The highest BCUT2D eigenvalue weighted by Gasteiger charge is 2.27. The first-order chi connectivity index (χ1) is 12.1. The van der Waals surface area contributed by atoms with Crippen LogP contribution in [-0.4, -0.2) is 18.4 Å². The Bertz CT molecular complexity index is 739. The molecule has 5 heteroatoms. The number of carbonyl (C=O) groups is 2. The van der Waals surface area contributed by atoms with Crippen molar-refractivity contribution in [2.75, 3.05) is 11.9 Å². The Morgan fingerprint density at radius 2 is 1.64 bits per heavy atom. The Kier molecular flexibility index (Phi) is 5.33. The van der Waals surface area contributed by atoms with E-state index in [1.54, 1.807) is 0 Å².